The number of benzene rings is 1. The Balaban J connectivity index is 2.10. The molecule has 3 heteroatoms. The number of halogens is 2. The van der Waals surface area contributed by atoms with Crippen molar-refractivity contribution in [1.29, 1.82) is 0 Å². The summed E-state index contributed by atoms with van der Waals surface area (Å²) in [5.41, 5.74) is 1.20. The Morgan fingerprint density at radius 3 is 2.57 bits per heavy atom. The smallest absolute Gasteiger partial charge is 0.0498 e. The minimum Gasteiger partial charge on any atom is -0.381 e. The number of anilines is 1. The highest BCUT2D eigenvalue weighted by Gasteiger charge is 2.15. The van der Waals surface area contributed by atoms with Gasteiger partial charge in [0, 0.05) is 20.7 Å². The molecule has 0 unspecified atom stereocenters. The summed E-state index contributed by atoms with van der Waals surface area (Å²) in [6.07, 6.45) is 5.34. The fourth-order valence-electron chi connectivity index (χ4n) is 1.90. The molecule has 1 aromatic carbocycles. The van der Waals surface area contributed by atoms with Crippen LogP contribution in [-0.4, -0.2) is 6.04 Å². The second-order valence-corrected chi connectivity index (χ2v) is 5.52. The fraction of sp³-hybridized carbons (Fsp3) is 0.455. The van der Waals surface area contributed by atoms with E-state index in [1.54, 1.807) is 0 Å². The first-order valence-corrected chi connectivity index (χ1v) is 6.56. The predicted molar refractivity (Wildman–Crippen MR) is 67.7 cm³/mol. The molecule has 0 aromatic heterocycles. The molecular weight excluding hydrogens is 306 g/mol. The molecule has 1 aliphatic carbocycles. The van der Waals surface area contributed by atoms with Crippen LogP contribution >= 0.6 is 31.9 Å². The van der Waals surface area contributed by atoms with Crippen molar-refractivity contribution in [2.45, 2.75) is 31.7 Å². The molecule has 2 rings (SSSR count). The van der Waals surface area contributed by atoms with Crippen molar-refractivity contribution in [3.8, 4) is 0 Å². The van der Waals surface area contributed by atoms with E-state index in [4.69, 9.17) is 0 Å². The first kappa shape index (κ1) is 10.5. The molecule has 0 spiro atoms. The largest absolute Gasteiger partial charge is 0.381 e. The molecule has 0 saturated heterocycles. The summed E-state index contributed by atoms with van der Waals surface area (Å²) in [7, 11) is 0. The Morgan fingerprint density at radius 2 is 1.86 bits per heavy atom. The molecule has 1 N–H and O–H groups in total. The van der Waals surface area contributed by atoms with Crippen LogP contribution in [0.1, 0.15) is 25.7 Å². The van der Waals surface area contributed by atoms with Gasteiger partial charge in [-0.2, -0.15) is 0 Å². The molecular formula is C11H13Br2N. The van der Waals surface area contributed by atoms with Gasteiger partial charge < -0.3 is 5.32 Å². The molecule has 0 aliphatic heterocycles. The summed E-state index contributed by atoms with van der Waals surface area (Å²) in [6.45, 7) is 0. The molecule has 1 saturated carbocycles. The molecule has 1 aliphatic rings. The normalized spacial score (nSPS) is 17.3. The second-order valence-electron chi connectivity index (χ2n) is 3.75. The maximum Gasteiger partial charge on any atom is 0.0498 e. The minimum atomic E-state index is 0.667. The molecule has 1 aromatic rings. The van der Waals surface area contributed by atoms with E-state index in [0.29, 0.717) is 6.04 Å². The zero-order valence-corrected chi connectivity index (χ0v) is 11.1. The molecule has 0 atom stereocenters. The molecule has 1 nitrogen and oxygen atoms in total. The van der Waals surface area contributed by atoms with Crippen LogP contribution in [0.4, 0.5) is 5.69 Å². The van der Waals surface area contributed by atoms with Gasteiger partial charge in [-0.3, -0.25) is 0 Å². The van der Waals surface area contributed by atoms with Gasteiger partial charge in [0.15, 0.2) is 0 Å². The third-order valence-electron chi connectivity index (χ3n) is 2.64. The zero-order valence-electron chi connectivity index (χ0n) is 7.89. The van der Waals surface area contributed by atoms with Crippen molar-refractivity contribution < 1.29 is 0 Å². The van der Waals surface area contributed by atoms with E-state index in [0.717, 1.165) is 8.95 Å². The lowest BCUT2D eigenvalue weighted by Crippen LogP contribution is -2.14. The lowest BCUT2D eigenvalue weighted by atomic mass is 10.2. The lowest BCUT2D eigenvalue weighted by Gasteiger charge is -2.15. The average molecular weight is 319 g/mol. The zero-order chi connectivity index (χ0) is 9.97. The highest BCUT2D eigenvalue weighted by atomic mass is 79.9. The SMILES string of the molecule is Brc1ccc(Br)c(NC2CCCC2)c1. The van der Waals surface area contributed by atoms with Gasteiger partial charge in [-0.25, -0.2) is 0 Å². The summed E-state index contributed by atoms with van der Waals surface area (Å²) in [4.78, 5) is 0. The molecule has 14 heavy (non-hydrogen) atoms. The Hall–Kier alpha value is -0.0200. The van der Waals surface area contributed by atoms with Crippen molar-refractivity contribution >= 4 is 37.5 Å². The van der Waals surface area contributed by atoms with Crippen LogP contribution in [0, 0.1) is 0 Å². The summed E-state index contributed by atoms with van der Waals surface area (Å²) in [5.74, 6) is 0. The molecule has 0 radical (unpaired) electrons. The highest BCUT2D eigenvalue weighted by Crippen LogP contribution is 2.29. The van der Waals surface area contributed by atoms with Gasteiger partial charge in [-0.05, 0) is 47.0 Å². The van der Waals surface area contributed by atoms with E-state index in [9.17, 15) is 0 Å². The monoisotopic (exact) mass is 317 g/mol. The van der Waals surface area contributed by atoms with Crippen LogP contribution in [-0.2, 0) is 0 Å². The first-order valence-electron chi connectivity index (χ1n) is 4.97. The van der Waals surface area contributed by atoms with E-state index < -0.39 is 0 Å². The third kappa shape index (κ3) is 2.51. The molecule has 76 valence electrons. The summed E-state index contributed by atoms with van der Waals surface area (Å²) in [6, 6.07) is 6.91. The van der Waals surface area contributed by atoms with Crippen molar-refractivity contribution in [1.82, 2.24) is 0 Å². The average Bonchev–Trinajstić information content (AvgIpc) is 2.64. The fourth-order valence-corrected chi connectivity index (χ4v) is 2.62. The quantitative estimate of drug-likeness (QED) is 0.842. The van der Waals surface area contributed by atoms with Crippen LogP contribution in [0.15, 0.2) is 27.1 Å². The van der Waals surface area contributed by atoms with E-state index in [1.165, 1.54) is 31.4 Å². The number of hydrogen-bond acceptors (Lipinski definition) is 1. The van der Waals surface area contributed by atoms with Gasteiger partial charge in [-0.1, -0.05) is 28.8 Å². The predicted octanol–water partition coefficient (Wildman–Crippen LogP) is 4.57. The standard InChI is InChI=1S/C11H13Br2N/c12-8-5-6-10(13)11(7-8)14-9-3-1-2-4-9/h5-7,9,14H,1-4H2. The summed E-state index contributed by atoms with van der Waals surface area (Å²) in [5, 5.41) is 3.57. The van der Waals surface area contributed by atoms with Gasteiger partial charge in [0.25, 0.3) is 0 Å². The number of hydrogen-bond donors (Lipinski definition) is 1. The Bertz CT molecular complexity index is 319. The highest BCUT2D eigenvalue weighted by molar-refractivity contribution is 9.11. The van der Waals surface area contributed by atoms with Crippen LogP contribution in [0.25, 0.3) is 0 Å². The van der Waals surface area contributed by atoms with E-state index in [1.807, 2.05) is 6.07 Å². The van der Waals surface area contributed by atoms with Crippen LogP contribution in [0.3, 0.4) is 0 Å². The molecule has 0 heterocycles. The third-order valence-corrected chi connectivity index (χ3v) is 3.83. The van der Waals surface area contributed by atoms with Crippen LogP contribution < -0.4 is 5.32 Å². The molecule has 1 fully saturated rings. The number of nitrogens with one attached hydrogen (secondary N) is 1. The van der Waals surface area contributed by atoms with Crippen molar-refractivity contribution in [2.24, 2.45) is 0 Å². The van der Waals surface area contributed by atoms with Gasteiger partial charge in [0.2, 0.25) is 0 Å². The molecule has 0 bridgehead atoms. The topological polar surface area (TPSA) is 12.0 Å². The van der Waals surface area contributed by atoms with Gasteiger partial charge in [0.05, 0.1) is 0 Å². The maximum absolute atomic E-state index is 3.57. The second kappa shape index (κ2) is 4.67. The van der Waals surface area contributed by atoms with Gasteiger partial charge in [-0.15, -0.1) is 0 Å². The first-order chi connectivity index (χ1) is 6.75. The van der Waals surface area contributed by atoms with Crippen molar-refractivity contribution in [2.75, 3.05) is 5.32 Å². The Labute approximate surface area is 102 Å². The van der Waals surface area contributed by atoms with E-state index in [-0.39, 0.29) is 0 Å². The number of rotatable bonds is 2. The Morgan fingerprint density at radius 1 is 1.14 bits per heavy atom. The Kier molecular flexibility index (Phi) is 3.50. The van der Waals surface area contributed by atoms with Crippen LogP contribution in [0.2, 0.25) is 0 Å². The van der Waals surface area contributed by atoms with Crippen molar-refractivity contribution in [3.63, 3.8) is 0 Å². The van der Waals surface area contributed by atoms with E-state index in [2.05, 4.69) is 49.3 Å². The maximum atomic E-state index is 3.57. The summed E-state index contributed by atoms with van der Waals surface area (Å²) >= 11 is 7.04. The van der Waals surface area contributed by atoms with Gasteiger partial charge >= 0.3 is 0 Å². The molecule has 0 amide bonds. The minimum absolute atomic E-state index is 0.667. The summed E-state index contributed by atoms with van der Waals surface area (Å²) < 4.78 is 2.27. The lowest BCUT2D eigenvalue weighted by molar-refractivity contribution is 0.755. The van der Waals surface area contributed by atoms with Crippen LogP contribution in [0.5, 0.6) is 0 Å². The van der Waals surface area contributed by atoms with Crippen molar-refractivity contribution in [3.05, 3.63) is 27.1 Å². The van der Waals surface area contributed by atoms with E-state index >= 15 is 0 Å². The van der Waals surface area contributed by atoms with Gasteiger partial charge in [0.1, 0.15) is 0 Å².